The predicted molar refractivity (Wildman–Crippen MR) is 256 cm³/mol. The number of ether oxygens (including phenoxy) is 2. The van der Waals surface area contributed by atoms with Crippen LogP contribution in [0.1, 0.15) is 164 Å². The first-order valence-corrected chi connectivity index (χ1v) is 26.2. The summed E-state index contributed by atoms with van der Waals surface area (Å²) >= 11 is 0. The molecule has 2 aromatic heterocycles. The van der Waals surface area contributed by atoms with E-state index in [4.69, 9.17) is 14.5 Å². The molecule has 13 heteroatoms. The van der Waals surface area contributed by atoms with Gasteiger partial charge in [0.1, 0.15) is 29.5 Å². The smallest absolute Gasteiger partial charge is 0.261 e. The summed E-state index contributed by atoms with van der Waals surface area (Å²) in [7, 11) is 0. The second-order valence-corrected chi connectivity index (χ2v) is 24.4. The first-order valence-electron chi connectivity index (χ1n) is 26.2. The molecule has 13 nitrogen and oxygen atoms in total. The van der Waals surface area contributed by atoms with Crippen LogP contribution in [-0.4, -0.2) is 101 Å². The monoisotopic (exact) mass is 947 g/mol. The van der Waals surface area contributed by atoms with Crippen molar-refractivity contribution in [1.82, 2.24) is 9.97 Å². The largest absolute Gasteiger partial charge is 0.507 e. The number of aromatic amines is 1. The number of phenols is 1. The number of phenolic OH excluding ortho intramolecular Hbond substituents is 1. The summed E-state index contributed by atoms with van der Waals surface area (Å²) in [6.07, 6.45) is 13.2. The average molecular weight is 948 g/mol. The Labute approximate surface area is 405 Å². The summed E-state index contributed by atoms with van der Waals surface area (Å²) in [6, 6.07) is 8.37. The summed E-state index contributed by atoms with van der Waals surface area (Å²) in [4.78, 5) is 38.6. The van der Waals surface area contributed by atoms with Gasteiger partial charge in [-0.15, -0.1) is 0 Å². The third kappa shape index (κ3) is 4.85. The van der Waals surface area contributed by atoms with E-state index in [0.29, 0.717) is 64.7 Å². The van der Waals surface area contributed by atoms with Gasteiger partial charge in [0.2, 0.25) is 5.78 Å². The van der Waals surface area contributed by atoms with Gasteiger partial charge >= 0.3 is 0 Å². The molecule has 1 saturated heterocycles. The maximum atomic E-state index is 15.2. The van der Waals surface area contributed by atoms with Gasteiger partial charge in [0.15, 0.2) is 17.5 Å². The molecular weight excluding hydrogens is 887 g/mol. The molecule has 9 unspecified atom stereocenters. The molecule has 16 rings (SSSR count). The molecule has 12 aliphatic rings. The third-order valence-electron chi connectivity index (χ3n) is 21.4. The normalized spacial score (nSPS) is 37.2. The number of hydrogen-bond acceptors (Lipinski definition) is 12. The molecule has 4 aliphatic heterocycles. The van der Waals surface area contributed by atoms with Crippen LogP contribution in [0.15, 0.2) is 59.9 Å². The number of aromatic nitrogens is 2. The number of aliphatic hydroxyl groups is 5. The maximum Gasteiger partial charge on any atom is 0.261 e. The quantitative estimate of drug-likeness (QED) is 0.0755. The van der Waals surface area contributed by atoms with E-state index in [9.17, 15) is 30.6 Å². The lowest BCUT2D eigenvalue weighted by Gasteiger charge is -2.64. The number of nitrogens with zero attached hydrogens (tertiary/aromatic N) is 1. The standard InChI is InChI=1S/C57H61N3O10/c1-28-18-32-39(36(61)19-28)45(64)41-37-20-31-29(40(41)44(32)63)8-17-59-49(31)60-24-38(62)55-25-51(10-2-3-11-51)22-34(55)30-9-16-58-43(30)33-21-56(69-37)47(66)46(65)48(67)57(70-56)42(33)35(55)23-52(50(57)68)26-53(12-4-5-13-53)54(27-52)14-6-7-15-54/h8-9,16-21,34,38,46-48,50,58,61-62,65-68H,2-7,10-15,22-27H2,1H3,(H,59,60). The van der Waals surface area contributed by atoms with E-state index in [1.54, 1.807) is 37.4 Å². The van der Waals surface area contributed by atoms with Gasteiger partial charge in [0.25, 0.3) is 5.79 Å². The summed E-state index contributed by atoms with van der Waals surface area (Å²) < 4.78 is 14.8. The number of benzene rings is 2. The number of nitrogens with one attached hydrogen (secondary N) is 2. The van der Waals surface area contributed by atoms with Gasteiger partial charge in [-0.2, -0.15) is 0 Å². The van der Waals surface area contributed by atoms with Crippen molar-refractivity contribution < 1.29 is 49.7 Å². The Hall–Kier alpha value is -4.89. The van der Waals surface area contributed by atoms with Gasteiger partial charge in [0, 0.05) is 57.5 Å². The molecule has 70 heavy (non-hydrogen) atoms. The summed E-state index contributed by atoms with van der Waals surface area (Å²) in [6.45, 7) is 1.79. The van der Waals surface area contributed by atoms with Crippen LogP contribution >= 0.6 is 0 Å². The molecule has 0 amide bonds. The molecule has 9 atom stereocenters. The van der Waals surface area contributed by atoms with Crippen molar-refractivity contribution in [1.29, 1.82) is 0 Å². The Morgan fingerprint density at radius 3 is 2.23 bits per heavy atom. The average Bonchev–Trinajstić information content (AvgIpc) is 4.22. The zero-order chi connectivity index (χ0) is 47.7. The van der Waals surface area contributed by atoms with Crippen LogP contribution in [-0.2, 0) is 4.74 Å². The molecule has 4 aromatic rings. The van der Waals surface area contributed by atoms with E-state index in [1.807, 2.05) is 6.20 Å². The molecule has 2 aromatic carbocycles. The van der Waals surface area contributed by atoms with Gasteiger partial charge in [-0.05, 0) is 158 Å². The second kappa shape index (κ2) is 13.6. The fourth-order valence-corrected chi connectivity index (χ4v) is 19.0. The number of carbonyl (C=O) groups excluding carboxylic acids is 2. The first-order chi connectivity index (χ1) is 33.7. The third-order valence-corrected chi connectivity index (χ3v) is 21.4. The van der Waals surface area contributed by atoms with Crippen LogP contribution in [0.2, 0.25) is 0 Å². The highest BCUT2D eigenvalue weighted by molar-refractivity contribution is 6.34. The molecule has 6 fully saturated rings. The maximum absolute atomic E-state index is 15.2. The number of carbonyl (C=O) groups is 2. The first kappa shape index (κ1) is 42.8. The van der Waals surface area contributed by atoms with E-state index in [-0.39, 0.29) is 62.5 Å². The molecule has 8 aliphatic carbocycles. The highest BCUT2D eigenvalue weighted by Gasteiger charge is 2.79. The predicted octanol–water partition coefficient (Wildman–Crippen LogP) is 7.56. The lowest BCUT2D eigenvalue weighted by atomic mass is 9.50. The summed E-state index contributed by atoms with van der Waals surface area (Å²) in [5, 5.41) is 82.5. The molecule has 6 heterocycles. The van der Waals surface area contributed by atoms with Crippen LogP contribution in [0.4, 0.5) is 5.82 Å². The minimum absolute atomic E-state index is 0.00535. The Morgan fingerprint density at radius 1 is 0.786 bits per heavy atom. The van der Waals surface area contributed by atoms with Crippen molar-refractivity contribution >= 4 is 33.7 Å². The van der Waals surface area contributed by atoms with Crippen molar-refractivity contribution in [3.8, 4) is 11.5 Å². The van der Waals surface area contributed by atoms with Crippen molar-refractivity contribution in [3.63, 3.8) is 0 Å². The van der Waals surface area contributed by atoms with Gasteiger partial charge < -0.3 is 50.4 Å². The topological polar surface area (TPSA) is 215 Å². The minimum atomic E-state index is -2.39. The Bertz CT molecular complexity index is 3090. The highest BCUT2D eigenvalue weighted by atomic mass is 16.7. The van der Waals surface area contributed by atoms with E-state index >= 15 is 9.59 Å². The van der Waals surface area contributed by atoms with Gasteiger partial charge in [-0.1, -0.05) is 44.1 Å². The van der Waals surface area contributed by atoms with Crippen LogP contribution in [0, 0.1) is 34.0 Å². The molecule has 7 spiro atoms. The number of hydrogen-bond donors (Lipinski definition) is 8. The number of aromatic hydroxyl groups is 1. The van der Waals surface area contributed by atoms with E-state index in [2.05, 4.69) is 16.4 Å². The summed E-state index contributed by atoms with van der Waals surface area (Å²) in [5.74, 6) is -4.02. The van der Waals surface area contributed by atoms with Crippen molar-refractivity contribution in [2.45, 2.75) is 164 Å². The number of aliphatic hydroxyl groups excluding tert-OH is 5. The number of aryl methyl sites for hydroxylation is 1. The van der Waals surface area contributed by atoms with Crippen LogP contribution in [0.25, 0.3) is 16.3 Å². The van der Waals surface area contributed by atoms with Crippen LogP contribution in [0.5, 0.6) is 11.5 Å². The fourth-order valence-electron chi connectivity index (χ4n) is 19.0. The molecule has 8 bridgehead atoms. The second-order valence-electron chi connectivity index (χ2n) is 24.4. The van der Waals surface area contributed by atoms with Gasteiger partial charge in [-0.25, -0.2) is 4.98 Å². The Morgan fingerprint density at radius 2 is 1.50 bits per heavy atom. The Kier molecular flexibility index (Phi) is 8.30. The number of anilines is 1. The van der Waals surface area contributed by atoms with E-state index < -0.39 is 64.3 Å². The summed E-state index contributed by atoms with van der Waals surface area (Å²) in [5.41, 5.74) is -0.113. The fraction of sp³-hybridized carbons (Fsp3) is 0.561. The number of H-pyrrole nitrogens is 1. The van der Waals surface area contributed by atoms with Crippen molar-refractivity contribution in [3.05, 3.63) is 99.0 Å². The SMILES string of the molecule is Cc1cc(O)c2c(c1)C(=O)c1c(c3cc4c(nccc14)NCC(O)C14CC5(CCCC5)CC1c1cc[nH]c1C1=CC5(O3)OC3(C1=C4CC1(CC4(CCCC4)C4(CCCC4)C1)C3O)C(O)C(O)C5O)C2=O. The van der Waals surface area contributed by atoms with Gasteiger partial charge in [-0.3, -0.25) is 9.59 Å². The lowest BCUT2D eigenvalue weighted by molar-refractivity contribution is -0.366. The van der Waals surface area contributed by atoms with E-state index in [0.717, 1.165) is 94.6 Å². The minimum Gasteiger partial charge on any atom is -0.507 e. The van der Waals surface area contributed by atoms with E-state index in [1.165, 1.54) is 6.07 Å². The zero-order valence-electron chi connectivity index (χ0n) is 39.6. The number of pyridine rings is 1. The molecule has 0 radical (unpaired) electrons. The van der Waals surface area contributed by atoms with Gasteiger partial charge in [0.05, 0.1) is 23.3 Å². The lowest BCUT2D eigenvalue weighted by Crippen LogP contribution is -2.79. The molecular formula is C57H61N3O10. The number of fused-ring (bicyclic) bond motifs is 8. The van der Waals surface area contributed by atoms with Crippen molar-refractivity contribution in [2.24, 2.45) is 27.1 Å². The molecule has 5 saturated carbocycles. The Balaban J connectivity index is 1.06. The number of rotatable bonds is 0. The molecule has 8 N–H and O–H groups in total. The molecule has 364 valence electrons. The zero-order valence-corrected chi connectivity index (χ0v) is 39.6. The van der Waals surface area contributed by atoms with Crippen LogP contribution in [0.3, 0.4) is 0 Å². The van der Waals surface area contributed by atoms with Crippen LogP contribution < -0.4 is 10.1 Å². The van der Waals surface area contributed by atoms with Crippen molar-refractivity contribution in [2.75, 3.05) is 11.9 Å². The number of ketones is 2. The highest BCUT2D eigenvalue weighted by Crippen LogP contribution is 2.80.